The van der Waals surface area contributed by atoms with Gasteiger partial charge in [0.25, 0.3) is 0 Å². The van der Waals surface area contributed by atoms with E-state index in [0.717, 1.165) is 5.56 Å². The largest absolute Gasteiger partial charge is 0.504 e. The summed E-state index contributed by atoms with van der Waals surface area (Å²) in [5.41, 5.74) is 6.32. The second kappa shape index (κ2) is 4.74. The Balaban J connectivity index is 0.00000144. The minimum atomic E-state index is -0.309. The Morgan fingerprint density at radius 2 is 1.92 bits per heavy atom. The van der Waals surface area contributed by atoms with Crippen LogP contribution < -0.4 is 5.73 Å². The summed E-state index contributed by atoms with van der Waals surface area (Å²) >= 11 is 0. The number of hydrogen-bond donors (Lipinski definition) is 3. The minimum absolute atomic E-state index is 0. The van der Waals surface area contributed by atoms with Crippen molar-refractivity contribution in [2.24, 2.45) is 5.73 Å². The van der Waals surface area contributed by atoms with Crippen LogP contribution in [0.4, 0.5) is 0 Å². The molecule has 0 radical (unpaired) electrons. The molecule has 1 atom stereocenters. The minimum Gasteiger partial charge on any atom is -0.504 e. The Labute approximate surface area is 82.9 Å². The molecule has 4 heteroatoms. The van der Waals surface area contributed by atoms with Crippen LogP contribution in [0.3, 0.4) is 0 Å². The monoisotopic (exact) mass is 201 g/mol. The van der Waals surface area contributed by atoms with Crippen LogP contribution in [0, 0.1) is 0 Å². The first-order valence-electron chi connectivity index (χ1n) is 3.55. The standard InChI is InChI=1S/C9H11NO2.ClH/c1-2-7(10)6-3-4-8(11)9(12)5-6;/h2-5,7,11-12H,1,10H2;1H/t7-;/m0./s1. The van der Waals surface area contributed by atoms with Gasteiger partial charge in [0.15, 0.2) is 11.5 Å². The van der Waals surface area contributed by atoms with E-state index in [1.165, 1.54) is 12.1 Å². The van der Waals surface area contributed by atoms with Crippen molar-refractivity contribution in [1.82, 2.24) is 0 Å². The summed E-state index contributed by atoms with van der Waals surface area (Å²) in [5, 5.41) is 18.1. The topological polar surface area (TPSA) is 66.5 Å². The molecule has 13 heavy (non-hydrogen) atoms. The average Bonchev–Trinajstić information content (AvgIpc) is 2.08. The molecule has 0 amide bonds. The van der Waals surface area contributed by atoms with Crippen LogP contribution in [0.1, 0.15) is 11.6 Å². The van der Waals surface area contributed by atoms with Crippen molar-refractivity contribution in [1.29, 1.82) is 0 Å². The maximum absolute atomic E-state index is 9.10. The fraction of sp³-hybridized carbons (Fsp3) is 0.111. The number of halogens is 1. The van der Waals surface area contributed by atoms with Gasteiger partial charge in [0.1, 0.15) is 0 Å². The number of hydrogen-bond acceptors (Lipinski definition) is 3. The first-order valence-corrected chi connectivity index (χ1v) is 3.55. The van der Waals surface area contributed by atoms with E-state index in [1.54, 1.807) is 12.1 Å². The number of rotatable bonds is 2. The summed E-state index contributed by atoms with van der Waals surface area (Å²) in [7, 11) is 0. The van der Waals surface area contributed by atoms with Crippen LogP contribution in [-0.4, -0.2) is 10.2 Å². The molecule has 0 fully saturated rings. The van der Waals surface area contributed by atoms with Gasteiger partial charge in [-0.2, -0.15) is 0 Å². The number of nitrogens with two attached hydrogens (primary N) is 1. The zero-order chi connectivity index (χ0) is 9.14. The van der Waals surface area contributed by atoms with Gasteiger partial charge in [-0.1, -0.05) is 12.1 Å². The highest BCUT2D eigenvalue weighted by Gasteiger charge is 2.04. The zero-order valence-electron chi connectivity index (χ0n) is 6.97. The van der Waals surface area contributed by atoms with Crippen molar-refractivity contribution in [2.45, 2.75) is 6.04 Å². The zero-order valence-corrected chi connectivity index (χ0v) is 7.79. The van der Waals surface area contributed by atoms with Crippen molar-refractivity contribution in [3.05, 3.63) is 36.4 Å². The molecule has 0 bridgehead atoms. The Morgan fingerprint density at radius 1 is 1.31 bits per heavy atom. The summed E-state index contributed by atoms with van der Waals surface area (Å²) in [4.78, 5) is 0. The second-order valence-corrected chi connectivity index (χ2v) is 2.51. The molecule has 0 spiro atoms. The highest BCUT2D eigenvalue weighted by Crippen LogP contribution is 2.27. The molecule has 0 aromatic heterocycles. The molecular formula is C9H12ClNO2. The highest BCUT2D eigenvalue weighted by molar-refractivity contribution is 5.85. The number of phenols is 2. The SMILES string of the molecule is C=C[C@H](N)c1ccc(O)c(O)c1.Cl. The molecule has 0 aliphatic heterocycles. The lowest BCUT2D eigenvalue weighted by molar-refractivity contribution is 0.403. The van der Waals surface area contributed by atoms with Crippen LogP contribution in [-0.2, 0) is 0 Å². The summed E-state index contributed by atoms with van der Waals surface area (Å²) in [6.07, 6.45) is 1.56. The molecule has 0 saturated carbocycles. The van der Waals surface area contributed by atoms with Crippen LogP contribution in [0.15, 0.2) is 30.9 Å². The van der Waals surface area contributed by atoms with Gasteiger partial charge in [-0.05, 0) is 17.7 Å². The third kappa shape index (κ3) is 2.65. The maximum atomic E-state index is 9.10. The molecule has 0 unspecified atom stereocenters. The fourth-order valence-corrected chi connectivity index (χ4v) is 0.884. The summed E-state index contributed by atoms with van der Waals surface area (Å²) in [6.45, 7) is 3.52. The van der Waals surface area contributed by atoms with Gasteiger partial charge in [-0.25, -0.2) is 0 Å². The van der Waals surface area contributed by atoms with Gasteiger partial charge < -0.3 is 15.9 Å². The first-order chi connectivity index (χ1) is 5.65. The number of aromatic hydroxyl groups is 2. The lowest BCUT2D eigenvalue weighted by Gasteiger charge is -2.06. The van der Waals surface area contributed by atoms with Crippen molar-refractivity contribution in [2.75, 3.05) is 0 Å². The molecule has 72 valence electrons. The lowest BCUT2D eigenvalue weighted by Crippen LogP contribution is -2.05. The van der Waals surface area contributed by atoms with Gasteiger partial charge in [0.05, 0.1) is 0 Å². The van der Waals surface area contributed by atoms with E-state index >= 15 is 0 Å². The average molecular weight is 202 g/mol. The van der Waals surface area contributed by atoms with E-state index in [0.29, 0.717) is 0 Å². The van der Waals surface area contributed by atoms with Crippen molar-refractivity contribution in [3.8, 4) is 11.5 Å². The van der Waals surface area contributed by atoms with Gasteiger partial charge in [0, 0.05) is 6.04 Å². The van der Waals surface area contributed by atoms with Gasteiger partial charge in [0.2, 0.25) is 0 Å². The smallest absolute Gasteiger partial charge is 0.157 e. The molecule has 4 N–H and O–H groups in total. The predicted octanol–water partition coefficient (Wildman–Crippen LogP) is 1.71. The van der Waals surface area contributed by atoms with Crippen LogP contribution in [0.2, 0.25) is 0 Å². The molecular weight excluding hydrogens is 190 g/mol. The van der Waals surface area contributed by atoms with Crippen LogP contribution in [0.5, 0.6) is 11.5 Å². The van der Waals surface area contributed by atoms with Gasteiger partial charge in [-0.3, -0.25) is 0 Å². The predicted molar refractivity (Wildman–Crippen MR) is 54.1 cm³/mol. The molecule has 0 heterocycles. The number of phenolic OH excluding ortho intramolecular Hbond substituents is 2. The molecule has 3 nitrogen and oxygen atoms in total. The normalized spacial score (nSPS) is 11.5. The molecule has 1 rings (SSSR count). The fourth-order valence-electron chi connectivity index (χ4n) is 0.884. The maximum Gasteiger partial charge on any atom is 0.157 e. The molecule has 0 aliphatic rings. The van der Waals surface area contributed by atoms with E-state index < -0.39 is 0 Å². The van der Waals surface area contributed by atoms with Crippen LogP contribution >= 0.6 is 12.4 Å². The second-order valence-electron chi connectivity index (χ2n) is 2.51. The third-order valence-corrected chi connectivity index (χ3v) is 1.64. The Hall–Kier alpha value is -1.19. The molecule has 0 saturated heterocycles. The Morgan fingerprint density at radius 3 is 2.38 bits per heavy atom. The summed E-state index contributed by atoms with van der Waals surface area (Å²) in [5.74, 6) is -0.306. The quantitative estimate of drug-likeness (QED) is 0.504. The highest BCUT2D eigenvalue weighted by atomic mass is 35.5. The van der Waals surface area contributed by atoms with Crippen LogP contribution in [0.25, 0.3) is 0 Å². The van der Waals surface area contributed by atoms with E-state index in [-0.39, 0.29) is 29.9 Å². The first kappa shape index (κ1) is 11.8. The molecule has 1 aromatic carbocycles. The van der Waals surface area contributed by atoms with Crippen molar-refractivity contribution < 1.29 is 10.2 Å². The van der Waals surface area contributed by atoms with E-state index in [9.17, 15) is 0 Å². The van der Waals surface area contributed by atoms with E-state index in [4.69, 9.17) is 15.9 Å². The summed E-state index contributed by atoms with van der Waals surface area (Å²) in [6, 6.07) is 4.15. The van der Waals surface area contributed by atoms with E-state index in [2.05, 4.69) is 6.58 Å². The number of benzene rings is 1. The third-order valence-electron chi connectivity index (χ3n) is 1.64. The van der Waals surface area contributed by atoms with Gasteiger partial charge in [-0.15, -0.1) is 19.0 Å². The van der Waals surface area contributed by atoms with E-state index in [1.807, 2.05) is 0 Å². The van der Waals surface area contributed by atoms with Crippen molar-refractivity contribution in [3.63, 3.8) is 0 Å². The van der Waals surface area contributed by atoms with Gasteiger partial charge >= 0.3 is 0 Å². The molecule has 1 aromatic rings. The molecule has 0 aliphatic carbocycles. The Bertz CT molecular complexity index is 302. The Kier molecular flexibility index (Phi) is 4.31. The summed E-state index contributed by atoms with van der Waals surface area (Å²) < 4.78 is 0. The lowest BCUT2D eigenvalue weighted by atomic mass is 10.1. The van der Waals surface area contributed by atoms with Crippen molar-refractivity contribution >= 4 is 12.4 Å².